The molecule has 0 saturated carbocycles. The second-order valence-electron chi connectivity index (χ2n) is 4.36. The van der Waals surface area contributed by atoms with Crippen LogP contribution in [0.25, 0.3) is 0 Å². The number of hydrogen-bond donors (Lipinski definition) is 2. The van der Waals surface area contributed by atoms with Crippen molar-refractivity contribution in [2.24, 2.45) is 17.4 Å². The highest BCUT2D eigenvalue weighted by molar-refractivity contribution is 5.71. The van der Waals surface area contributed by atoms with Crippen LogP contribution in [0, 0.1) is 5.92 Å². The first-order valence-electron chi connectivity index (χ1n) is 5.39. The maximum absolute atomic E-state index is 11.1. The van der Waals surface area contributed by atoms with E-state index in [1.807, 2.05) is 6.92 Å². The molecule has 1 heterocycles. The Bertz CT molecular complexity index is 194. The Labute approximate surface area is 85.6 Å². The molecule has 0 aromatic rings. The minimum absolute atomic E-state index is 0.216. The Balaban J connectivity index is 2.47. The highest BCUT2D eigenvalue weighted by atomic mass is 16.2. The molecule has 2 atom stereocenters. The molecule has 82 valence electrons. The molecule has 0 spiro atoms. The van der Waals surface area contributed by atoms with Crippen molar-refractivity contribution in [2.45, 2.75) is 38.6 Å². The average Bonchev–Trinajstić information content (AvgIpc) is 2.28. The van der Waals surface area contributed by atoms with Crippen LogP contribution in [0.2, 0.25) is 0 Å². The van der Waals surface area contributed by atoms with Crippen LogP contribution in [0.1, 0.15) is 32.6 Å². The highest BCUT2D eigenvalue weighted by Gasteiger charge is 2.20. The van der Waals surface area contributed by atoms with Crippen molar-refractivity contribution in [3.05, 3.63) is 0 Å². The van der Waals surface area contributed by atoms with Gasteiger partial charge < -0.3 is 16.4 Å². The number of urea groups is 1. The van der Waals surface area contributed by atoms with Gasteiger partial charge in [-0.3, -0.25) is 0 Å². The van der Waals surface area contributed by atoms with E-state index in [0.29, 0.717) is 5.92 Å². The monoisotopic (exact) mass is 199 g/mol. The molecule has 0 aromatic carbocycles. The van der Waals surface area contributed by atoms with Crippen molar-refractivity contribution < 1.29 is 4.79 Å². The van der Waals surface area contributed by atoms with Crippen molar-refractivity contribution in [1.82, 2.24) is 4.90 Å². The fourth-order valence-corrected chi connectivity index (χ4v) is 2.15. The number of nitrogens with zero attached hydrogens (tertiary/aromatic N) is 1. The maximum Gasteiger partial charge on any atom is 0.314 e. The van der Waals surface area contributed by atoms with E-state index in [1.165, 1.54) is 12.8 Å². The van der Waals surface area contributed by atoms with Crippen LogP contribution in [0.5, 0.6) is 0 Å². The Morgan fingerprint density at radius 3 is 2.86 bits per heavy atom. The molecule has 2 amide bonds. The highest BCUT2D eigenvalue weighted by Crippen LogP contribution is 2.20. The zero-order valence-corrected chi connectivity index (χ0v) is 8.91. The summed E-state index contributed by atoms with van der Waals surface area (Å²) in [5.74, 6) is 0.532. The van der Waals surface area contributed by atoms with Crippen molar-refractivity contribution in [2.75, 3.05) is 13.1 Å². The van der Waals surface area contributed by atoms with Gasteiger partial charge in [0.1, 0.15) is 0 Å². The summed E-state index contributed by atoms with van der Waals surface area (Å²) in [7, 11) is 0. The molecule has 14 heavy (non-hydrogen) atoms. The zero-order valence-electron chi connectivity index (χ0n) is 8.91. The molecule has 1 saturated heterocycles. The Morgan fingerprint density at radius 2 is 2.29 bits per heavy atom. The Hall–Kier alpha value is -0.770. The van der Waals surface area contributed by atoms with Crippen molar-refractivity contribution in [3.8, 4) is 0 Å². The van der Waals surface area contributed by atoms with E-state index in [1.54, 1.807) is 4.90 Å². The molecule has 4 heteroatoms. The van der Waals surface area contributed by atoms with Gasteiger partial charge in [0.05, 0.1) is 0 Å². The quantitative estimate of drug-likeness (QED) is 0.693. The average molecular weight is 199 g/mol. The summed E-state index contributed by atoms with van der Waals surface area (Å²) < 4.78 is 0. The summed E-state index contributed by atoms with van der Waals surface area (Å²) >= 11 is 0. The van der Waals surface area contributed by atoms with Gasteiger partial charge in [-0.15, -0.1) is 0 Å². The third kappa shape index (κ3) is 3.54. The Kier molecular flexibility index (Phi) is 4.20. The third-order valence-electron chi connectivity index (χ3n) is 2.79. The number of likely N-dealkylation sites (tertiary alicyclic amines) is 1. The molecule has 4 N–H and O–H groups in total. The predicted molar refractivity (Wildman–Crippen MR) is 56.8 cm³/mol. The van der Waals surface area contributed by atoms with E-state index >= 15 is 0 Å². The van der Waals surface area contributed by atoms with E-state index < -0.39 is 0 Å². The van der Waals surface area contributed by atoms with Crippen LogP contribution in [0.3, 0.4) is 0 Å². The predicted octanol–water partition coefficient (Wildman–Crippen LogP) is 0.905. The second kappa shape index (κ2) is 5.20. The number of hydrogen-bond acceptors (Lipinski definition) is 2. The first-order valence-corrected chi connectivity index (χ1v) is 5.39. The molecule has 1 rings (SSSR count). The zero-order chi connectivity index (χ0) is 10.6. The van der Waals surface area contributed by atoms with Crippen LogP contribution in [0.15, 0.2) is 0 Å². The van der Waals surface area contributed by atoms with Crippen molar-refractivity contribution in [1.29, 1.82) is 0 Å². The van der Waals surface area contributed by atoms with Gasteiger partial charge in [-0.05, 0) is 32.1 Å². The summed E-state index contributed by atoms with van der Waals surface area (Å²) in [6.07, 6.45) is 4.41. The van der Waals surface area contributed by atoms with Crippen LogP contribution in [-0.4, -0.2) is 30.1 Å². The first kappa shape index (κ1) is 11.3. The smallest absolute Gasteiger partial charge is 0.314 e. The number of rotatable bonds is 2. The molecule has 0 aromatic heterocycles. The fourth-order valence-electron chi connectivity index (χ4n) is 2.15. The number of nitrogens with two attached hydrogens (primary N) is 2. The van der Waals surface area contributed by atoms with Gasteiger partial charge in [0.15, 0.2) is 0 Å². The molecule has 2 unspecified atom stereocenters. The normalized spacial score (nSPS) is 25.6. The lowest BCUT2D eigenvalue weighted by molar-refractivity contribution is 0.199. The molecule has 1 fully saturated rings. The van der Waals surface area contributed by atoms with Crippen LogP contribution >= 0.6 is 0 Å². The number of carbonyl (C=O) groups excluding carboxylic acids is 1. The van der Waals surface area contributed by atoms with Gasteiger partial charge >= 0.3 is 6.03 Å². The topological polar surface area (TPSA) is 72.3 Å². The SMILES string of the molecule is CC(N)CC1CCCCN(C(N)=O)C1. The minimum atomic E-state index is -0.290. The molecule has 4 nitrogen and oxygen atoms in total. The van der Waals surface area contributed by atoms with E-state index in [9.17, 15) is 4.79 Å². The number of carbonyl (C=O) groups is 1. The minimum Gasteiger partial charge on any atom is -0.351 e. The lowest BCUT2D eigenvalue weighted by Gasteiger charge is -2.23. The molecule has 0 bridgehead atoms. The molecular weight excluding hydrogens is 178 g/mol. The van der Waals surface area contributed by atoms with Crippen molar-refractivity contribution in [3.63, 3.8) is 0 Å². The number of amides is 2. The second-order valence-corrected chi connectivity index (χ2v) is 4.36. The van der Waals surface area contributed by atoms with Crippen LogP contribution in [-0.2, 0) is 0 Å². The van der Waals surface area contributed by atoms with E-state index in [4.69, 9.17) is 11.5 Å². The van der Waals surface area contributed by atoms with E-state index in [2.05, 4.69) is 0 Å². The molecule has 0 aliphatic carbocycles. The lowest BCUT2D eigenvalue weighted by Crippen LogP contribution is -2.39. The molecule has 0 radical (unpaired) electrons. The maximum atomic E-state index is 11.1. The largest absolute Gasteiger partial charge is 0.351 e. The summed E-state index contributed by atoms with van der Waals surface area (Å²) in [6, 6.07) is -0.0746. The van der Waals surface area contributed by atoms with Gasteiger partial charge in [0, 0.05) is 19.1 Å². The van der Waals surface area contributed by atoms with Gasteiger partial charge in [0.25, 0.3) is 0 Å². The van der Waals surface area contributed by atoms with Gasteiger partial charge in [-0.2, -0.15) is 0 Å². The summed E-state index contributed by atoms with van der Waals surface area (Å²) in [6.45, 7) is 3.61. The van der Waals surface area contributed by atoms with Crippen LogP contribution < -0.4 is 11.5 Å². The summed E-state index contributed by atoms with van der Waals surface area (Å²) in [5.41, 5.74) is 11.0. The Morgan fingerprint density at radius 1 is 1.57 bits per heavy atom. The lowest BCUT2D eigenvalue weighted by atomic mass is 9.96. The van der Waals surface area contributed by atoms with Gasteiger partial charge in [0.2, 0.25) is 0 Å². The van der Waals surface area contributed by atoms with Crippen LogP contribution in [0.4, 0.5) is 4.79 Å². The van der Waals surface area contributed by atoms with Crippen molar-refractivity contribution >= 4 is 6.03 Å². The fraction of sp³-hybridized carbons (Fsp3) is 0.900. The van der Waals surface area contributed by atoms with E-state index in [-0.39, 0.29) is 12.1 Å². The standard InChI is InChI=1S/C10H21N3O/c1-8(11)6-9-4-2-3-5-13(7-9)10(12)14/h8-9H,2-7,11H2,1H3,(H2,12,14). The summed E-state index contributed by atoms with van der Waals surface area (Å²) in [4.78, 5) is 12.8. The molecule has 1 aliphatic heterocycles. The molecule has 1 aliphatic rings. The third-order valence-corrected chi connectivity index (χ3v) is 2.79. The molecular formula is C10H21N3O. The number of primary amides is 1. The van der Waals surface area contributed by atoms with E-state index in [0.717, 1.165) is 25.9 Å². The summed E-state index contributed by atoms with van der Waals surface area (Å²) in [5, 5.41) is 0. The van der Waals surface area contributed by atoms with Gasteiger partial charge in [-0.1, -0.05) is 6.42 Å². The van der Waals surface area contributed by atoms with Gasteiger partial charge in [-0.25, -0.2) is 4.79 Å². The first-order chi connectivity index (χ1) is 6.59.